The van der Waals surface area contributed by atoms with E-state index in [9.17, 15) is 14.9 Å². The number of hydrogen-bond donors (Lipinski definition) is 1. The zero-order valence-corrected chi connectivity index (χ0v) is 18.0. The van der Waals surface area contributed by atoms with Crippen LogP contribution >= 0.6 is 27.3 Å². The SMILES string of the molecule is Cc1nn(-c2ccccc2)c(CN2C(=O)NC(C)(c3ccc(Br)s3)C2=O)c1C#N. The number of aromatic nitrogens is 2. The first-order valence-electron chi connectivity index (χ1n) is 8.79. The van der Waals surface area contributed by atoms with Crippen molar-refractivity contribution in [1.29, 1.82) is 5.26 Å². The van der Waals surface area contributed by atoms with Gasteiger partial charge in [0, 0.05) is 4.88 Å². The van der Waals surface area contributed by atoms with Crippen LogP contribution in [0, 0.1) is 18.3 Å². The molecule has 0 bridgehead atoms. The Morgan fingerprint density at radius 1 is 1.24 bits per heavy atom. The Morgan fingerprint density at radius 3 is 2.59 bits per heavy atom. The van der Waals surface area contributed by atoms with Gasteiger partial charge in [-0.25, -0.2) is 9.48 Å². The molecule has 0 aliphatic carbocycles. The van der Waals surface area contributed by atoms with Gasteiger partial charge in [0.2, 0.25) is 0 Å². The molecule has 9 heteroatoms. The van der Waals surface area contributed by atoms with Crippen LogP contribution in [0.2, 0.25) is 0 Å². The average molecular weight is 470 g/mol. The molecule has 1 aliphatic heterocycles. The summed E-state index contributed by atoms with van der Waals surface area (Å²) in [6, 6.07) is 14.6. The minimum Gasteiger partial charge on any atom is -0.319 e. The van der Waals surface area contributed by atoms with Gasteiger partial charge in [0.15, 0.2) is 5.54 Å². The molecule has 7 nitrogen and oxygen atoms in total. The van der Waals surface area contributed by atoms with Crippen molar-refractivity contribution in [2.24, 2.45) is 0 Å². The van der Waals surface area contributed by atoms with Crippen LogP contribution in [-0.4, -0.2) is 26.6 Å². The standard InChI is InChI=1S/C20H16BrN5O2S/c1-12-14(10-22)15(26(24-12)13-6-4-3-5-7-13)11-25-18(27)20(2,23-19(25)28)16-8-9-17(21)29-16/h3-9H,11H2,1-2H3,(H,23,28). The zero-order chi connectivity index (χ0) is 20.8. The van der Waals surface area contributed by atoms with Gasteiger partial charge < -0.3 is 5.32 Å². The largest absolute Gasteiger partial charge is 0.325 e. The fourth-order valence-electron chi connectivity index (χ4n) is 3.39. The van der Waals surface area contributed by atoms with Gasteiger partial charge in [0.05, 0.1) is 33.0 Å². The van der Waals surface area contributed by atoms with Crippen LogP contribution in [0.25, 0.3) is 5.69 Å². The van der Waals surface area contributed by atoms with Crippen LogP contribution in [-0.2, 0) is 16.9 Å². The molecule has 1 aliphatic rings. The van der Waals surface area contributed by atoms with E-state index in [0.29, 0.717) is 17.0 Å². The number of rotatable bonds is 4. The lowest BCUT2D eigenvalue weighted by molar-refractivity contribution is -0.131. The van der Waals surface area contributed by atoms with Crippen LogP contribution in [0.1, 0.15) is 28.8 Å². The maximum absolute atomic E-state index is 13.2. The number of nitrogens with zero attached hydrogens (tertiary/aromatic N) is 4. The lowest BCUT2D eigenvalue weighted by Gasteiger charge is -2.20. The highest BCUT2D eigenvalue weighted by Crippen LogP contribution is 2.36. The number of nitriles is 1. The third kappa shape index (κ3) is 3.14. The predicted molar refractivity (Wildman–Crippen MR) is 111 cm³/mol. The molecule has 3 aromatic rings. The van der Waals surface area contributed by atoms with Crippen molar-refractivity contribution in [2.75, 3.05) is 0 Å². The first kappa shape index (κ1) is 19.4. The smallest absolute Gasteiger partial charge is 0.319 e. The van der Waals surface area contributed by atoms with Gasteiger partial charge in [-0.3, -0.25) is 9.69 Å². The van der Waals surface area contributed by atoms with E-state index in [-0.39, 0.29) is 12.5 Å². The summed E-state index contributed by atoms with van der Waals surface area (Å²) in [7, 11) is 0. The van der Waals surface area contributed by atoms with Crippen LogP contribution in [0.4, 0.5) is 4.79 Å². The van der Waals surface area contributed by atoms with E-state index in [0.717, 1.165) is 19.3 Å². The van der Waals surface area contributed by atoms with Gasteiger partial charge in [0.1, 0.15) is 6.07 Å². The van der Waals surface area contributed by atoms with Crippen LogP contribution in [0.15, 0.2) is 46.3 Å². The van der Waals surface area contributed by atoms with Gasteiger partial charge in [0.25, 0.3) is 5.91 Å². The van der Waals surface area contributed by atoms with Gasteiger partial charge in [-0.2, -0.15) is 10.4 Å². The second kappa shape index (κ2) is 7.13. The average Bonchev–Trinajstić information content (AvgIpc) is 3.34. The minimum atomic E-state index is -1.15. The molecule has 3 heterocycles. The number of nitrogens with one attached hydrogen (secondary N) is 1. The minimum absolute atomic E-state index is 0.0502. The summed E-state index contributed by atoms with van der Waals surface area (Å²) in [5.41, 5.74) is 1.01. The number of carbonyl (C=O) groups excluding carboxylic acids is 2. The summed E-state index contributed by atoms with van der Waals surface area (Å²) in [6.45, 7) is 3.38. The third-order valence-electron chi connectivity index (χ3n) is 4.92. The van der Waals surface area contributed by atoms with E-state index in [1.807, 2.05) is 42.5 Å². The molecule has 1 N–H and O–H groups in total. The van der Waals surface area contributed by atoms with E-state index in [4.69, 9.17) is 0 Å². The third-order valence-corrected chi connectivity index (χ3v) is 6.76. The molecule has 0 spiro atoms. The Morgan fingerprint density at radius 2 is 1.97 bits per heavy atom. The first-order valence-corrected chi connectivity index (χ1v) is 10.4. The summed E-state index contributed by atoms with van der Waals surface area (Å²) < 4.78 is 2.49. The summed E-state index contributed by atoms with van der Waals surface area (Å²) in [6.07, 6.45) is 0. The second-order valence-corrected chi connectivity index (χ2v) is 9.28. The molecule has 1 atom stereocenters. The maximum Gasteiger partial charge on any atom is 0.325 e. The number of carbonyl (C=O) groups is 2. The highest BCUT2D eigenvalue weighted by Gasteiger charge is 2.50. The molecular weight excluding hydrogens is 454 g/mol. The molecule has 1 fully saturated rings. The van der Waals surface area contributed by atoms with Gasteiger partial charge in [-0.1, -0.05) is 18.2 Å². The monoisotopic (exact) mass is 469 g/mol. The van der Waals surface area contributed by atoms with Crippen molar-refractivity contribution >= 4 is 39.2 Å². The van der Waals surface area contributed by atoms with Crippen LogP contribution in [0.5, 0.6) is 0 Å². The Kier molecular flexibility index (Phi) is 4.76. The molecule has 29 heavy (non-hydrogen) atoms. The zero-order valence-electron chi connectivity index (χ0n) is 15.6. The lowest BCUT2D eigenvalue weighted by Crippen LogP contribution is -2.40. The summed E-state index contributed by atoms with van der Waals surface area (Å²) in [4.78, 5) is 27.8. The van der Waals surface area contributed by atoms with Crippen molar-refractivity contribution in [2.45, 2.75) is 25.9 Å². The number of amides is 3. The summed E-state index contributed by atoms with van der Waals surface area (Å²) in [5.74, 6) is -0.362. The molecular formula is C20H16BrN5O2S. The molecule has 1 unspecified atom stereocenters. The van der Waals surface area contributed by atoms with E-state index in [2.05, 4.69) is 32.4 Å². The van der Waals surface area contributed by atoms with Gasteiger partial charge in [-0.15, -0.1) is 11.3 Å². The van der Waals surface area contributed by atoms with Gasteiger partial charge >= 0.3 is 6.03 Å². The Hall–Kier alpha value is -2.96. The van der Waals surface area contributed by atoms with Crippen molar-refractivity contribution in [3.05, 3.63) is 68.1 Å². The molecule has 2 aromatic heterocycles. The number of thiophene rings is 1. The Bertz CT molecular complexity index is 1160. The number of hydrogen-bond acceptors (Lipinski definition) is 5. The molecule has 0 saturated carbocycles. The number of para-hydroxylation sites is 1. The highest BCUT2D eigenvalue weighted by molar-refractivity contribution is 9.11. The van der Waals surface area contributed by atoms with Crippen molar-refractivity contribution in [1.82, 2.24) is 20.0 Å². The molecule has 1 saturated heterocycles. The van der Waals surface area contributed by atoms with E-state index >= 15 is 0 Å². The highest BCUT2D eigenvalue weighted by atomic mass is 79.9. The maximum atomic E-state index is 13.2. The quantitative estimate of drug-likeness (QED) is 0.587. The molecule has 146 valence electrons. The van der Waals surface area contributed by atoms with E-state index < -0.39 is 11.6 Å². The number of urea groups is 1. The normalized spacial score (nSPS) is 18.8. The number of imide groups is 1. The second-order valence-electron chi connectivity index (χ2n) is 6.82. The lowest BCUT2D eigenvalue weighted by atomic mass is 10.0. The molecule has 0 radical (unpaired) electrons. The first-order chi connectivity index (χ1) is 13.8. The number of halogens is 1. The van der Waals surface area contributed by atoms with Crippen molar-refractivity contribution < 1.29 is 9.59 Å². The van der Waals surface area contributed by atoms with Gasteiger partial charge in [-0.05, 0) is 54.0 Å². The number of aryl methyl sites for hydroxylation is 1. The molecule has 1 aromatic carbocycles. The fraction of sp³-hybridized carbons (Fsp3) is 0.200. The Balaban J connectivity index is 1.74. The van der Waals surface area contributed by atoms with Crippen molar-refractivity contribution in [3.63, 3.8) is 0 Å². The molecule has 4 rings (SSSR count). The Labute approximate surface area is 179 Å². The number of benzene rings is 1. The summed E-state index contributed by atoms with van der Waals surface area (Å²) >= 11 is 4.79. The van der Waals surface area contributed by atoms with E-state index in [1.165, 1.54) is 11.3 Å². The topological polar surface area (TPSA) is 91.0 Å². The van der Waals surface area contributed by atoms with E-state index in [1.54, 1.807) is 18.5 Å². The van der Waals surface area contributed by atoms with Crippen LogP contribution < -0.4 is 5.32 Å². The molecule has 3 amide bonds. The van der Waals surface area contributed by atoms with Crippen LogP contribution in [0.3, 0.4) is 0 Å². The fourth-order valence-corrected chi connectivity index (χ4v) is 4.87. The van der Waals surface area contributed by atoms with Crippen molar-refractivity contribution in [3.8, 4) is 11.8 Å². The predicted octanol–water partition coefficient (Wildman–Crippen LogP) is 3.84. The summed E-state index contributed by atoms with van der Waals surface area (Å²) in [5, 5.41) is 16.9.